The minimum atomic E-state index is -0.127. The van der Waals surface area contributed by atoms with E-state index in [2.05, 4.69) is 15.5 Å². The molecule has 6 heteroatoms. The van der Waals surface area contributed by atoms with Gasteiger partial charge in [0.15, 0.2) is 5.76 Å². The van der Waals surface area contributed by atoms with Gasteiger partial charge in [-0.3, -0.25) is 0 Å². The van der Waals surface area contributed by atoms with Gasteiger partial charge in [-0.1, -0.05) is 40.7 Å². The second-order valence-corrected chi connectivity index (χ2v) is 4.67. The molecule has 102 valence electrons. The summed E-state index contributed by atoms with van der Waals surface area (Å²) in [5.74, 6) is 0.727. The van der Waals surface area contributed by atoms with E-state index >= 15 is 0 Å². The van der Waals surface area contributed by atoms with Crippen molar-refractivity contribution < 1.29 is 4.52 Å². The maximum atomic E-state index is 5.75. The van der Waals surface area contributed by atoms with Gasteiger partial charge >= 0.3 is 0 Å². The Bertz CT molecular complexity index is 686. The third-order valence-electron chi connectivity index (χ3n) is 2.97. The number of hydrogen-bond acceptors (Lipinski definition) is 5. The molecule has 0 fully saturated rings. The second-order valence-electron chi connectivity index (χ2n) is 4.67. The van der Waals surface area contributed by atoms with Gasteiger partial charge in [-0.15, -0.1) is 5.10 Å². The van der Waals surface area contributed by atoms with Crippen LogP contribution in [0.3, 0.4) is 0 Å². The molecular formula is C14H15N5O. The SMILES string of the molecule is CC(N)c1cn(Cc2cc(-c3ccccc3)no2)nn1. The molecule has 0 aliphatic rings. The first-order chi connectivity index (χ1) is 9.72. The highest BCUT2D eigenvalue weighted by atomic mass is 16.5. The molecular weight excluding hydrogens is 254 g/mol. The summed E-state index contributed by atoms with van der Waals surface area (Å²) < 4.78 is 7.01. The maximum Gasteiger partial charge on any atom is 0.158 e. The van der Waals surface area contributed by atoms with Gasteiger partial charge in [-0.05, 0) is 6.92 Å². The lowest BCUT2D eigenvalue weighted by molar-refractivity contribution is 0.372. The Morgan fingerprint density at radius 3 is 2.80 bits per heavy atom. The highest BCUT2D eigenvalue weighted by Crippen LogP contribution is 2.19. The molecule has 1 atom stereocenters. The zero-order valence-electron chi connectivity index (χ0n) is 11.1. The Morgan fingerprint density at radius 2 is 2.10 bits per heavy atom. The van der Waals surface area contributed by atoms with Crippen molar-refractivity contribution in [2.75, 3.05) is 0 Å². The van der Waals surface area contributed by atoms with Crippen LogP contribution in [0.15, 0.2) is 47.1 Å². The van der Waals surface area contributed by atoms with Crippen LogP contribution in [0.2, 0.25) is 0 Å². The van der Waals surface area contributed by atoms with Crippen LogP contribution in [0.25, 0.3) is 11.3 Å². The van der Waals surface area contributed by atoms with Crippen LogP contribution >= 0.6 is 0 Å². The zero-order valence-corrected chi connectivity index (χ0v) is 11.1. The maximum absolute atomic E-state index is 5.75. The van der Waals surface area contributed by atoms with Crippen LogP contribution in [0.4, 0.5) is 0 Å². The molecule has 20 heavy (non-hydrogen) atoms. The lowest BCUT2D eigenvalue weighted by Crippen LogP contribution is -2.05. The molecule has 1 aromatic carbocycles. The lowest BCUT2D eigenvalue weighted by Gasteiger charge is -1.96. The molecule has 6 nitrogen and oxygen atoms in total. The van der Waals surface area contributed by atoms with Gasteiger partial charge < -0.3 is 10.3 Å². The molecule has 2 aromatic heterocycles. The number of hydrogen-bond donors (Lipinski definition) is 1. The van der Waals surface area contributed by atoms with E-state index in [9.17, 15) is 0 Å². The van der Waals surface area contributed by atoms with Gasteiger partial charge in [-0.25, -0.2) is 4.68 Å². The van der Waals surface area contributed by atoms with E-state index in [4.69, 9.17) is 10.3 Å². The summed E-state index contributed by atoms with van der Waals surface area (Å²) >= 11 is 0. The largest absolute Gasteiger partial charge is 0.359 e. The van der Waals surface area contributed by atoms with Crippen LogP contribution in [-0.2, 0) is 6.54 Å². The normalized spacial score (nSPS) is 12.5. The van der Waals surface area contributed by atoms with E-state index in [1.54, 1.807) is 4.68 Å². The average molecular weight is 269 g/mol. The first kappa shape index (κ1) is 12.6. The Labute approximate surface area is 116 Å². The fraction of sp³-hybridized carbons (Fsp3) is 0.214. The molecule has 0 radical (unpaired) electrons. The number of nitrogens with two attached hydrogens (primary N) is 1. The first-order valence-corrected chi connectivity index (χ1v) is 6.39. The smallest absolute Gasteiger partial charge is 0.158 e. The Morgan fingerprint density at radius 1 is 1.30 bits per heavy atom. The fourth-order valence-electron chi connectivity index (χ4n) is 1.89. The van der Waals surface area contributed by atoms with Crippen molar-refractivity contribution in [3.8, 4) is 11.3 Å². The summed E-state index contributed by atoms with van der Waals surface area (Å²) in [5, 5.41) is 12.1. The van der Waals surface area contributed by atoms with Crippen molar-refractivity contribution in [3.05, 3.63) is 54.0 Å². The van der Waals surface area contributed by atoms with Crippen molar-refractivity contribution in [1.82, 2.24) is 20.2 Å². The van der Waals surface area contributed by atoms with E-state index in [0.29, 0.717) is 6.54 Å². The van der Waals surface area contributed by atoms with Gasteiger partial charge in [-0.2, -0.15) is 0 Å². The van der Waals surface area contributed by atoms with Crippen molar-refractivity contribution in [3.63, 3.8) is 0 Å². The molecule has 0 aliphatic carbocycles. The van der Waals surface area contributed by atoms with Gasteiger partial charge in [0.2, 0.25) is 0 Å². The van der Waals surface area contributed by atoms with E-state index in [1.807, 2.05) is 49.5 Å². The van der Waals surface area contributed by atoms with Crippen LogP contribution in [0, 0.1) is 0 Å². The van der Waals surface area contributed by atoms with Crippen LogP contribution in [0.1, 0.15) is 24.4 Å². The summed E-state index contributed by atoms with van der Waals surface area (Å²) in [4.78, 5) is 0. The van der Waals surface area contributed by atoms with Gasteiger partial charge in [0.25, 0.3) is 0 Å². The van der Waals surface area contributed by atoms with E-state index < -0.39 is 0 Å². The molecule has 0 amide bonds. The standard InChI is InChI=1S/C14H15N5O/c1-10(15)14-9-19(18-16-14)8-12-7-13(17-20-12)11-5-3-2-4-6-11/h2-7,9-10H,8,15H2,1H3. The minimum Gasteiger partial charge on any atom is -0.359 e. The third-order valence-corrected chi connectivity index (χ3v) is 2.97. The third kappa shape index (κ3) is 2.60. The van der Waals surface area contributed by atoms with Gasteiger partial charge in [0.1, 0.15) is 12.2 Å². The van der Waals surface area contributed by atoms with Gasteiger partial charge in [0, 0.05) is 17.7 Å². The van der Waals surface area contributed by atoms with Crippen LogP contribution in [-0.4, -0.2) is 20.2 Å². The predicted molar refractivity (Wildman–Crippen MR) is 73.7 cm³/mol. The van der Waals surface area contributed by atoms with Crippen LogP contribution < -0.4 is 5.73 Å². The van der Waals surface area contributed by atoms with E-state index in [0.717, 1.165) is 22.7 Å². The van der Waals surface area contributed by atoms with E-state index in [-0.39, 0.29) is 6.04 Å². The molecule has 1 unspecified atom stereocenters. The first-order valence-electron chi connectivity index (χ1n) is 6.39. The van der Waals surface area contributed by atoms with Gasteiger partial charge in [0.05, 0.1) is 11.9 Å². The lowest BCUT2D eigenvalue weighted by atomic mass is 10.1. The number of nitrogens with zero attached hydrogens (tertiary/aromatic N) is 4. The number of rotatable bonds is 4. The monoisotopic (exact) mass is 269 g/mol. The van der Waals surface area contributed by atoms with Crippen molar-refractivity contribution in [1.29, 1.82) is 0 Å². The number of benzene rings is 1. The highest BCUT2D eigenvalue weighted by molar-refractivity contribution is 5.58. The summed E-state index contributed by atoms with van der Waals surface area (Å²) in [5.41, 5.74) is 8.34. The minimum absolute atomic E-state index is 0.127. The fourth-order valence-corrected chi connectivity index (χ4v) is 1.89. The predicted octanol–water partition coefficient (Wildman–Crippen LogP) is 2.00. The molecule has 0 saturated carbocycles. The van der Waals surface area contributed by atoms with Crippen molar-refractivity contribution >= 4 is 0 Å². The molecule has 2 N–H and O–H groups in total. The summed E-state index contributed by atoms with van der Waals surface area (Å²) in [6.45, 7) is 2.36. The molecule has 0 saturated heterocycles. The number of aromatic nitrogens is 4. The Kier molecular flexibility index (Phi) is 3.30. The molecule has 0 aliphatic heterocycles. The molecule has 0 bridgehead atoms. The van der Waals surface area contributed by atoms with Crippen molar-refractivity contribution in [2.45, 2.75) is 19.5 Å². The quantitative estimate of drug-likeness (QED) is 0.783. The summed E-state index contributed by atoms with van der Waals surface area (Å²) in [6, 6.07) is 11.7. The molecule has 0 spiro atoms. The molecule has 3 aromatic rings. The zero-order chi connectivity index (χ0) is 13.9. The molecule has 2 heterocycles. The van der Waals surface area contributed by atoms with E-state index in [1.165, 1.54) is 0 Å². The Hall–Kier alpha value is -2.47. The Balaban J connectivity index is 1.77. The van der Waals surface area contributed by atoms with Crippen LogP contribution in [0.5, 0.6) is 0 Å². The highest BCUT2D eigenvalue weighted by Gasteiger charge is 2.09. The summed E-state index contributed by atoms with van der Waals surface area (Å²) in [7, 11) is 0. The topological polar surface area (TPSA) is 82.8 Å². The second kappa shape index (κ2) is 5.26. The molecule has 3 rings (SSSR count). The van der Waals surface area contributed by atoms with Crippen molar-refractivity contribution in [2.24, 2.45) is 5.73 Å². The average Bonchev–Trinajstić information content (AvgIpc) is 3.10. The summed E-state index contributed by atoms with van der Waals surface area (Å²) in [6.07, 6.45) is 1.81.